The maximum absolute atomic E-state index is 12.9. The lowest BCUT2D eigenvalue weighted by Crippen LogP contribution is -2.45. The lowest BCUT2D eigenvalue weighted by molar-refractivity contribution is -0.139. The molecule has 1 N–H and O–H groups in total. The number of likely N-dealkylation sites (N-methyl/N-ethyl adjacent to an activating group) is 2. The van der Waals surface area contributed by atoms with E-state index in [9.17, 15) is 14.7 Å². The number of nitrogens with zero attached hydrogens (tertiary/aromatic N) is 3. The molecule has 1 saturated heterocycles. The van der Waals surface area contributed by atoms with Gasteiger partial charge in [0.1, 0.15) is 5.75 Å². The van der Waals surface area contributed by atoms with Crippen LogP contribution in [0.4, 0.5) is 0 Å². The highest BCUT2D eigenvalue weighted by atomic mass is 16.5. The van der Waals surface area contributed by atoms with Crippen LogP contribution in [0.1, 0.15) is 24.8 Å². The van der Waals surface area contributed by atoms with Crippen LogP contribution in [0.5, 0.6) is 5.75 Å². The van der Waals surface area contributed by atoms with Crippen molar-refractivity contribution in [1.29, 1.82) is 0 Å². The molecule has 0 aliphatic carbocycles. The normalized spacial score (nSPS) is 19.3. The summed E-state index contributed by atoms with van der Waals surface area (Å²) >= 11 is 0. The van der Waals surface area contributed by atoms with Gasteiger partial charge in [-0.15, -0.1) is 0 Å². The number of aliphatic carboxylic acids is 1. The van der Waals surface area contributed by atoms with Crippen LogP contribution in [0, 0.1) is 11.8 Å². The van der Waals surface area contributed by atoms with Crippen LogP contribution in [0.15, 0.2) is 24.3 Å². The summed E-state index contributed by atoms with van der Waals surface area (Å²) in [7, 11) is 7.85. The van der Waals surface area contributed by atoms with E-state index in [1.165, 1.54) is 0 Å². The fraction of sp³-hybridized carbons (Fsp3) is 0.652. The van der Waals surface area contributed by atoms with Crippen LogP contribution in [0.3, 0.4) is 0 Å². The van der Waals surface area contributed by atoms with Crippen molar-refractivity contribution in [3.05, 3.63) is 29.8 Å². The Morgan fingerprint density at radius 3 is 2.40 bits per heavy atom. The summed E-state index contributed by atoms with van der Waals surface area (Å²) in [6.07, 6.45) is 2.22. The first-order valence-corrected chi connectivity index (χ1v) is 10.7. The fourth-order valence-electron chi connectivity index (χ4n) is 4.03. The van der Waals surface area contributed by atoms with Crippen molar-refractivity contribution in [3.8, 4) is 5.75 Å². The molecule has 1 heterocycles. The SMILES string of the molecule is COc1ccc(CC(=O)N2CCC(CC(=O)O)C(CCN(C)CCN(C)C)C2)cc1. The van der Waals surface area contributed by atoms with Gasteiger partial charge in [0, 0.05) is 32.6 Å². The third kappa shape index (κ3) is 7.95. The Kier molecular flexibility index (Phi) is 9.59. The number of ether oxygens (including phenoxy) is 1. The van der Waals surface area contributed by atoms with E-state index in [-0.39, 0.29) is 24.2 Å². The average molecular weight is 420 g/mol. The molecule has 30 heavy (non-hydrogen) atoms. The van der Waals surface area contributed by atoms with E-state index < -0.39 is 5.97 Å². The summed E-state index contributed by atoms with van der Waals surface area (Å²) in [5.41, 5.74) is 0.966. The number of carboxylic acid groups (broad SMARTS) is 1. The molecule has 1 aliphatic heterocycles. The van der Waals surface area contributed by atoms with Gasteiger partial charge in [0.2, 0.25) is 5.91 Å². The number of likely N-dealkylation sites (tertiary alicyclic amines) is 1. The zero-order chi connectivity index (χ0) is 22.1. The Morgan fingerprint density at radius 1 is 1.10 bits per heavy atom. The number of hydrogen-bond acceptors (Lipinski definition) is 5. The van der Waals surface area contributed by atoms with E-state index in [2.05, 4.69) is 30.9 Å². The monoisotopic (exact) mass is 419 g/mol. The fourth-order valence-corrected chi connectivity index (χ4v) is 4.03. The zero-order valence-electron chi connectivity index (χ0n) is 18.8. The number of rotatable bonds is 11. The molecule has 1 aliphatic rings. The van der Waals surface area contributed by atoms with E-state index in [0.29, 0.717) is 19.5 Å². The number of amides is 1. The maximum Gasteiger partial charge on any atom is 0.303 e. The molecule has 2 rings (SSSR count). The van der Waals surface area contributed by atoms with Crippen molar-refractivity contribution < 1.29 is 19.4 Å². The topological polar surface area (TPSA) is 73.3 Å². The highest BCUT2D eigenvalue weighted by molar-refractivity contribution is 5.79. The Bertz CT molecular complexity index is 678. The van der Waals surface area contributed by atoms with Gasteiger partial charge in [-0.25, -0.2) is 0 Å². The van der Waals surface area contributed by atoms with Crippen LogP contribution in [-0.2, 0) is 16.0 Å². The Morgan fingerprint density at radius 2 is 1.80 bits per heavy atom. The molecule has 0 aromatic heterocycles. The van der Waals surface area contributed by atoms with E-state index in [1.54, 1.807) is 7.11 Å². The number of carbonyl (C=O) groups is 2. The van der Waals surface area contributed by atoms with Gasteiger partial charge in [-0.3, -0.25) is 9.59 Å². The minimum absolute atomic E-state index is 0.111. The molecule has 1 amide bonds. The van der Waals surface area contributed by atoms with Crippen LogP contribution in [0.25, 0.3) is 0 Å². The molecule has 0 bridgehead atoms. The van der Waals surface area contributed by atoms with Gasteiger partial charge < -0.3 is 24.5 Å². The van der Waals surface area contributed by atoms with Gasteiger partial charge in [-0.05, 0) is 70.1 Å². The number of hydrogen-bond donors (Lipinski definition) is 1. The molecule has 7 nitrogen and oxygen atoms in total. The number of methoxy groups -OCH3 is 1. The van der Waals surface area contributed by atoms with Crippen molar-refractivity contribution in [2.24, 2.45) is 11.8 Å². The molecule has 0 spiro atoms. The molecule has 1 fully saturated rings. The predicted molar refractivity (Wildman–Crippen MR) is 118 cm³/mol. The number of piperidine rings is 1. The molecule has 1 aromatic carbocycles. The van der Waals surface area contributed by atoms with Gasteiger partial charge in [0.05, 0.1) is 13.5 Å². The summed E-state index contributed by atoms with van der Waals surface area (Å²) in [4.78, 5) is 30.6. The first-order valence-electron chi connectivity index (χ1n) is 10.7. The highest BCUT2D eigenvalue weighted by Crippen LogP contribution is 2.30. The summed E-state index contributed by atoms with van der Waals surface area (Å²) in [5, 5.41) is 9.31. The van der Waals surface area contributed by atoms with E-state index in [1.807, 2.05) is 29.2 Å². The minimum Gasteiger partial charge on any atom is -0.497 e. The van der Waals surface area contributed by atoms with Crippen molar-refractivity contribution >= 4 is 11.9 Å². The maximum atomic E-state index is 12.9. The smallest absolute Gasteiger partial charge is 0.303 e. The summed E-state index contributed by atoms with van der Waals surface area (Å²) in [6.45, 7) is 4.17. The van der Waals surface area contributed by atoms with E-state index >= 15 is 0 Å². The first-order chi connectivity index (χ1) is 14.3. The quantitative estimate of drug-likeness (QED) is 0.592. The number of carbonyl (C=O) groups excluding carboxylic acids is 1. The van der Waals surface area contributed by atoms with Crippen molar-refractivity contribution in [1.82, 2.24) is 14.7 Å². The second-order valence-corrected chi connectivity index (χ2v) is 8.67. The predicted octanol–water partition coefficient (Wildman–Crippen LogP) is 2.06. The summed E-state index contributed by atoms with van der Waals surface area (Å²) in [6, 6.07) is 7.58. The zero-order valence-corrected chi connectivity index (χ0v) is 18.8. The second kappa shape index (κ2) is 11.9. The lowest BCUT2D eigenvalue weighted by Gasteiger charge is -2.39. The Balaban J connectivity index is 1.94. The minimum atomic E-state index is -0.746. The van der Waals surface area contributed by atoms with Gasteiger partial charge in [0.15, 0.2) is 0 Å². The third-order valence-electron chi connectivity index (χ3n) is 6.01. The molecular formula is C23H37N3O4. The number of benzene rings is 1. The van der Waals surface area contributed by atoms with Gasteiger partial charge in [-0.1, -0.05) is 12.1 Å². The van der Waals surface area contributed by atoms with Gasteiger partial charge in [0.25, 0.3) is 0 Å². The molecule has 0 radical (unpaired) electrons. The van der Waals surface area contributed by atoms with Crippen LogP contribution >= 0.6 is 0 Å². The molecule has 168 valence electrons. The first kappa shape index (κ1) is 24.2. The van der Waals surface area contributed by atoms with Crippen molar-refractivity contribution in [2.75, 3.05) is 61.0 Å². The van der Waals surface area contributed by atoms with Gasteiger partial charge in [-0.2, -0.15) is 0 Å². The van der Waals surface area contributed by atoms with Crippen LogP contribution < -0.4 is 4.74 Å². The highest BCUT2D eigenvalue weighted by Gasteiger charge is 2.32. The molecule has 7 heteroatoms. The van der Waals surface area contributed by atoms with Crippen LogP contribution in [0.2, 0.25) is 0 Å². The largest absolute Gasteiger partial charge is 0.497 e. The lowest BCUT2D eigenvalue weighted by atomic mass is 9.81. The standard InChI is InChI=1S/C23H37N3O4/c1-24(2)13-14-25(3)11-9-20-17-26(12-10-19(20)16-23(28)29)22(27)15-18-5-7-21(30-4)8-6-18/h5-8,19-20H,9-17H2,1-4H3,(H,28,29). The second-order valence-electron chi connectivity index (χ2n) is 8.67. The molecule has 2 atom stereocenters. The molecule has 0 saturated carbocycles. The average Bonchev–Trinajstić information content (AvgIpc) is 2.71. The molecular weight excluding hydrogens is 382 g/mol. The van der Waals surface area contributed by atoms with Crippen molar-refractivity contribution in [2.45, 2.75) is 25.7 Å². The van der Waals surface area contributed by atoms with Crippen LogP contribution in [-0.4, -0.2) is 92.7 Å². The van der Waals surface area contributed by atoms with E-state index in [4.69, 9.17) is 4.74 Å². The Hall–Kier alpha value is -2.12. The van der Waals surface area contributed by atoms with Crippen molar-refractivity contribution in [3.63, 3.8) is 0 Å². The molecule has 1 aromatic rings. The third-order valence-corrected chi connectivity index (χ3v) is 6.01. The Labute approximate surface area is 180 Å². The van der Waals surface area contributed by atoms with E-state index in [0.717, 1.165) is 43.8 Å². The van der Waals surface area contributed by atoms with Gasteiger partial charge >= 0.3 is 5.97 Å². The number of carboxylic acids is 1. The molecule has 2 unspecified atom stereocenters. The summed E-state index contributed by atoms with van der Waals surface area (Å²) < 4.78 is 5.17. The summed E-state index contributed by atoms with van der Waals surface area (Å²) in [5.74, 6) is 0.495.